The normalized spacial score (nSPS) is 13.1. The molecular formula is C19H30O. The zero-order chi connectivity index (χ0) is 14.7. The topological polar surface area (TPSA) is 20.2 Å². The van der Waals surface area contributed by atoms with Crippen LogP contribution in [0.3, 0.4) is 0 Å². The van der Waals surface area contributed by atoms with Gasteiger partial charge in [0.15, 0.2) is 0 Å². The first-order valence-corrected chi connectivity index (χ1v) is 7.77. The van der Waals surface area contributed by atoms with Crippen molar-refractivity contribution in [1.82, 2.24) is 0 Å². The minimum absolute atomic E-state index is 0.286. The second kappa shape index (κ2) is 17.7. The van der Waals surface area contributed by atoms with E-state index in [1.807, 2.05) is 0 Å². The molecule has 1 heteroatoms. The van der Waals surface area contributed by atoms with Gasteiger partial charge in [0, 0.05) is 6.61 Å². The maximum atomic E-state index is 8.62. The fourth-order valence-electron chi connectivity index (χ4n) is 1.58. The first kappa shape index (κ1) is 18.7. The summed E-state index contributed by atoms with van der Waals surface area (Å²) in [6.07, 6.45) is 28.9. The van der Waals surface area contributed by atoms with E-state index in [-0.39, 0.29) is 6.61 Å². The summed E-state index contributed by atoms with van der Waals surface area (Å²) >= 11 is 0. The van der Waals surface area contributed by atoms with E-state index in [9.17, 15) is 0 Å². The Morgan fingerprint density at radius 1 is 0.600 bits per heavy atom. The highest BCUT2D eigenvalue weighted by molar-refractivity contribution is 5.00. The summed E-state index contributed by atoms with van der Waals surface area (Å²) < 4.78 is 0. The molecule has 0 atom stereocenters. The van der Waals surface area contributed by atoms with Crippen molar-refractivity contribution in [2.75, 3.05) is 6.61 Å². The van der Waals surface area contributed by atoms with Crippen LogP contribution in [0.4, 0.5) is 0 Å². The maximum Gasteiger partial charge on any atom is 0.0433 e. The molecule has 1 nitrogen and oxygen atoms in total. The van der Waals surface area contributed by atoms with E-state index in [0.717, 1.165) is 44.9 Å². The van der Waals surface area contributed by atoms with Gasteiger partial charge in [-0.3, -0.25) is 0 Å². The molecular weight excluding hydrogens is 244 g/mol. The van der Waals surface area contributed by atoms with Gasteiger partial charge in [-0.2, -0.15) is 0 Å². The Bertz CT molecular complexity index is 319. The summed E-state index contributed by atoms with van der Waals surface area (Å²) in [6, 6.07) is 0. The van der Waals surface area contributed by atoms with Crippen LogP contribution >= 0.6 is 0 Å². The van der Waals surface area contributed by atoms with E-state index in [1.54, 1.807) is 0 Å². The molecule has 0 aliphatic heterocycles. The monoisotopic (exact) mass is 274 g/mol. The van der Waals surface area contributed by atoms with Crippen LogP contribution in [0, 0.1) is 0 Å². The van der Waals surface area contributed by atoms with Gasteiger partial charge >= 0.3 is 0 Å². The highest BCUT2D eigenvalue weighted by Gasteiger charge is 1.78. The fourth-order valence-corrected chi connectivity index (χ4v) is 1.58. The zero-order valence-corrected chi connectivity index (χ0v) is 12.9. The van der Waals surface area contributed by atoms with Crippen LogP contribution in [-0.4, -0.2) is 11.7 Å². The fraction of sp³-hybridized carbons (Fsp3) is 0.474. The Kier molecular flexibility index (Phi) is 16.5. The average molecular weight is 274 g/mol. The Morgan fingerprint density at radius 2 is 1.00 bits per heavy atom. The van der Waals surface area contributed by atoms with E-state index < -0.39 is 0 Å². The Balaban J connectivity index is 3.42. The standard InChI is InChI=1S/C19H30O/c1-2-3-4-5-6-7-8-9-10-11-12-13-14-15-16-17-18-19-20/h3-4,6-7,9-10,12-13,15-16,20H,2,5,8,11,14,17-19H2,1H3/b4-3-,7-6-,10-9-,13-12-,16-15-. The van der Waals surface area contributed by atoms with Crippen molar-refractivity contribution in [2.24, 2.45) is 0 Å². The van der Waals surface area contributed by atoms with Gasteiger partial charge < -0.3 is 5.11 Å². The van der Waals surface area contributed by atoms with Crippen LogP contribution in [-0.2, 0) is 0 Å². The third-order valence-electron chi connectivity index (χ3n) is 2.69. The van der Waals surface area contributed by atoms with Crippen molar-refractivity contribution >= 4 is 0 Å². The number of rotatable bonds is 12. The molecule has 0 heterocycles. The van der Waals surface area contributed by atoms with Crippen LogP contribution in [0.1, 0.15) is 51.9 Å². The number of unbranched alkanes of at least 4 members (excludes halogenated alkanes) is 1. The molecule has 0 bridgehead atoms. The summed E-state index contributed by atoms with van der Waals surface area (Å²) in [5.41, 5.74) is 0. The van der Waals surface area contributed by atoms with Gasteiger partial charge in [-0.15, -0.1) is 0 Å². The average Bonchev–Trinajstić information content (AvgIpc) is 2.47. The first-order valence-electron chi connectivity index (χ1n) is 7.77. The Morgan fingerprint density at radius 3 is 1.40 bits per heavy atom. The van der Waals surface area contributed by atoms with E-state index in [2.05, 4.69) is 67.7 Å². The summed E-state index contributed by atoms with van der Waals surface area (Å²) in [4.78, 5) is 0. The molecule has 0 saturated carbocycles. The predicted octanol–water partition coefficient (Wildman–Crippen LogP) is 5.51. The number of aliphatic hydroxyl groups is 1. The van der Waals surface area contributed by atoms with Crippen LogP contribution in [0.2, 0.25) is 0 Å². The summed E-state index contributed by atoms with van der Waals surface area (Å²) in [6.45, 7) is 2.44. The second-order valence-electron chi connectivity index (χ2n) is 4.57. The molecule has 0 aromatic rings. The van der Waals surface area contributed by atoms with Crippen LogP contribution in [0.5, 0.6) is 0 Å². The molecule has 0 aromatic carbocycles. The van der Waals surface area contributed by atoms with Crippen molar-refractivity contribution in [1.29, 1.82) is 0 Å². The van der Waals surface area contributed by atoms with Crippen LogP contribution < -0.4 is 0 Å². The molecule has 0 rings (SSSR count). The van der Waals surface area contributed by atoms with E-state index in [0.29, 0.717) is 0 Å². The van der Waals surface area contributed by atoms with Crippen molar-refractivity contribution < 1.29 is 5.11 Å². The lowest BCUT2D eigenvalue weighted by molar-refractivity contribution is 0.289. The summed E-state index contributed by atoms with van der Waals surface area (Å²) in [5, 5.41) is 8.62. The summed E-state index contributed by atoms with van der Waals surface area (Å²) in [7, 11) is 0. The second-order valence-corrected chi connectivity index (χ2v) is 4.57. The lowest BCUT2D eigenvalue weighted by Gasteiger charge is -1.87. The highest BCUT2D eigenvalue weighted by Crippen LogP contribution is 1.96. The van der Waals surface area contributed by atoms with Gasteiger partial charge in [-0.1, -0.05) is 67.7 Å². The third kappa shape index (κ3) is 16.7. The van der Waals surface area contributed by atoms with Gasteiger partial charge in [-0.25, -0.2) is 0 Å². The van der Waals surface area contributed by atoms with Crippen LogP contribution in [0.15, 0.2) is 60.8 Å². The molecule has 0 unspecified atom stereocenters. The van der Waals surface area contributed by atoms with Crippen molar-refractivity contribution in [3.05, 3.63) is 60.8 Å². The van der Waals surface area contributed by atoms with Gasteiger partial charge in [0.1, 0.15) is 0 Å². The van der Waals surface area contributed by atoms with Gasteiger partial charge in [0.2, 0.25) is 0 Å². The molecule has 0 aromatic heterocycles. The van der Waals surface area contributed by atoms with E-state index in [4.69, 9.17) is 5.11 Å². The van der Waals surface area contributed by atoms with Gasteiger partial charge in [-0.05, 0) is 44.9 Å². The molecule has 1 N–H and O–H groups in total. The number of hydrogen-bond acceptors (Lipinski definition) is 1. The van der Waals surface area contributed by atoms with Gasteiger partial charge in [0.05, 0.1) is 0 Å². The molecule has 0 aliphatic rings. The predicted molar refractivity (Wildman–Crippen MR) is 90.8 cm³/mol. The first-order chi connectivity index (χ1) is 9.91. The van der Waals surface area contributed by atoms with Gasteiger partial charge in [0.25, 0.3) is 0 Å². The minimum Gasteiger partial charge on any atom is -0.396 e. The number of allylic oxidation sites excluding steroid dienone is 10. The summed E-state index contributed by atoms with van der Waals surface area (Å²) in [5.74, 6) is 0. The lowest BCUT2D eigenvalue weighted by Crippen LogP contribution is -1.77. The Labute approximate surface area is 125 Å². The largest absolute Gasteiger partial charge is 0.396 e. The van der Waals surface area contributed by atoms with E-state index in [1.165, 1.54) is 0 Å². The van der Waals surface area contributed by atoms with E-state index >= 15 is 0 Å². The molecule has 0 fully saturated rings. The number of hydrogen-bond donors (Lipinski definition) is 1. The molecule has 0 amide bonds. The molecule has 0 radical (unpaired) electrons. The van der Waals surface area contributed by atoms with Crippen molar-refractivity contribution in [3.8, 4) is 0 Å². The lowest BCUT2D eigenvalue weighted by atomic mass is 10.2. The van der Waals surface area contributed by atoms with Crippen LogP contribution in [0.25, 0.3) is 0 Å². The van der Waals surface area contributed by atoms with Crippen molar-refractivity contribution in [3.63, 3.8) is 0 Å². The Hall–Kier alpha value is -1.34. The smallest absolute Gasteiger partial charge is 0.0433 e. The maximum absolute atomic E-state index is 8.62. The SMILES string of the molecule is CC/C=C\C/C=C\C/C=C\C/C=C\C/C=C\CCCO. The highest BCUT2D eigenvalue weighted by atomic mass is 16.2. The molecule has 112 valence electrons. The van der Waals surface area contributed by atoms with Crippen molar-refractivity contribution in [2.45, 2.75) is 51.9 Å². The molecule has 0 saturated heterocycles. The zero-order valence-electron chi connectivity index (χ0n) is 12.9. The number of aliphatic hydroxyl groups excluding tert-OH is 1. The molecule has 0 spiro atoms. The molecule has 20 heavy (non-hydrogen) atoms. The quantitative estimate of drug-likeness (QED) is 0.367. The third-order valence-corrected chi connectivity index (χ3v) is 2.69. The minimum atomic E-state index is 0.286. The molecule has 0 aliphatic carbocycles.